The van der Waals surface area contributed by atoms with Crippen LogP contribution in [0.5, 0.6) is 0 Å². The molecule has 1 heterocycles. The van der Waals surface area contributed by atoms with Crippen molar-refractivity contribution < 1.29 is 4.42 Å². The maximum Gasteiger partial charge on any atom is 0.144 e. The van der Waals surface area contributed by atoms with Crippen LogP contribution in [0.2, 0.25) is 0 Å². The van der Waals surface area contributed by atoms with Gasteiger partial charge in [-0.05, 0) is 56.0 Å². The zero-order valence-corrected chi connectivity index (χ0v) is 19.3. The van der Waals surface area contributed by atoms with Gasteiger partial charge in [0.25, 0.3) is 0 Å². The number of aryl methyl sites for hydroxylation is 3. The molecule has 0 saturated carbocycles. The van der Waals surface area contributed by atoms with Gasteiger partial charge in [0.2, 0.25) is 0 Å². The first-order chi connectivity index (χ1) is 15.0. The van der Waals surface area contributed by atoms with Crippen LogP contribution in [0.4, 0.5) is 5.69 Å². The normalized spacial score (nSPS) is 13.4. The Morgan fingerprint density at radius 2 is 1.35 bits per heavy atom. The second-order valence-corrected chi connectivity index (χ2v) is 11.5. The molecule has 5 aromatic rings. The van der Waals surface area contributed by atoms with Crippen molar-refractivity contribution in [2.24, 2.45) is 4.74 Å². The Morgan fingerprint density at radius 3 is 2.10 bits per heavy atom. The van der Waals surface area contributed by atoms with Gasteiger partial charge in [0.1, 0.15) is 11.2 Å². The van der Waals surface area contributed by atoms with Crippen LogP contribution in [-0.4, -0.2) is 6.66 Å². The molecule has 0 spiro atoms. The summed E-state index contributed by atoms with van der Waals surface area (Å²) in [5, 5.41) is 4.75. The second kappa shape index (κ2) is 7.55. The van der Waals surface area contributed by atoms with Crippen molar-refractivity contribution in [3.8, 4) is 0 Å². The summed E-state index contributed by atoms with van der Waals surface area (Å²) in [5.74, 6) is 0. The fourth-order valence-corrected chi connectivity index (χ4v) is 7.48. The van der Waals surface area contributed by atoms with Crippen molar-refractivity contribution in [1.29, 1.82) is 0 Å². The summed E-state index contributed by atoms with van der Waals surface area (Å²) in [6.07, 6.45) is 0. The van der Waals surface area contributed by atoms with Crippen molar-refractivity contribution in [1.82, 2.24) is 0 Å². The quantitative estimate of drug-likeness (QED) is 0.274. The minimum Gasteiger partial charge on any atom is -0.455 e. The molecule has 5 rings (SSSR count). The van der Waals surface area contributed by atoms with E-state index in [0.717, 1.165) is 27.6 Å². The number of hydrogen-bond acceptors (Lipinski definition) is 2. The highest BCUT2D eigenvalue weighted by molar-refractivity contribution is 7.80. The average molecular weight is 423 g/mol. The van der Waals surface area contributed by atoms with Gasteiger partial charge in [0.15, 0.2) is 0 Å². The van der Waals surface area contributed by atoms with E-state index in [0.29, 0.717) is 0 Å². The monoisotopic (exact) mass is 423 g/mol. The van der Waals surface area contributed by atoms with Gasteiger partial charge in [-0.3, -0.25) is 4.74 Å². The topological polar surface area (TPSA) is 25.5 Å². The molecule has 3 heteroatoms. The van der Waals surface area contributed by atoms with Crippen molar-refractivity contribution >= 4 is 45.3 Å². The summed E-state index contributed by atoms with van der Waals surface area (Å²) < 4.78 is 12.0. The zero-order chi connectivity index (χ0) is 21.6. The van der Waals surface area contributed by atoms with E-state index in [1.54, 1.807) is 0 Å². The van der Waals surface area contributed by atoms with Gasteiger partial charge < -0.3 is 4.42 Å². The number of benzene rings is 4. The molecule has 2 nitrogen and oxygen atoms in total. The summed E-state index contributed by atoms with van der Waals surface area (Å²) in [4.78, 5) is 0. The van der Waals surface area contributed by atoms with Crippen LogP contribution in [0, 0.1) is 20.8 Å². The van der Waals surface area contributed by atoms with Crippen LogP contribution < -0.4 is 10.6 Å². The van der Waals surface area contributed by atoms with Gasteiger partial charge in [0, 0.05) is 23.1 Å². The van der Waals surface area contributed by atoms with Crippen LogP contribution in [0.1, 0.15) is 16.7 Å². The van der Waals surface area contributed by atoms with Crippen molar-refractivity contribution in [2.75, 3.05) is 6.66 Å². The van der Waals surface area contributed by atoms with Crippen molar-refractivity contribution in [3.63, 3.8) is 0 Å². The molecular weight excluding hydrogens is 397 g/mol. The molecule has 0 fully saturated rings. The second-order valence-electron chi connectivity index (χ2n) is 8.39. The zero-order valence-electron chi connectivity index (χ0n) is 18.4. The van der Waals surface area contributed by atoms with E-state index in [1.165, 1.54) is 27.3 Å². The van der Waals surface area contributed by atoms with E-state index >= 15 is 0 Å². The van der Waals surface area contributed by atoms with Gasteiger partial charge in [-0.1, -0.05) is 78.4 Å². The summed E-state index contributed by atoms with van der Waals surface area (Å²) in [6, 6.07) is 29.9. The number of nitrogens with zero attached hydrogens (tertiary/aromatic N) is 1. The van der Waals surface area contributed by atoms with Crippen LogP contribution in [-0.2, 0) is 0 Å². The molecule has 31 heavy (non-hydrogen) atoms. The smallest absolute Gasteiger partial charge is 0.144 e. The van der Waals surface area contributed by atoms with Crippen molar-refractivity contribution in [3.05, 3.63) is 102 Å². The van der Waals surface area contributed by atoms with E-state index in [9.17, 15) is 0 Å². The van der Waals surface area contributed by atoms with Gasteiger partial charge in [0.05, 0.1) is 5.69 Å². The number of fused-ring (bicyclic) bond motifs is 3. The van der Waals surface area contributed by atoms with Crippen molar-refractivity contribution in [2.45, 2.75) is 20.8 Å². The molecule has 0 saturated heterocycles. The summed E-state index contributed by atoms with van der Waals surface area (Å²) >= 11 is 0. The molecule has 1 atom stereocenters. The SMILES string of the molecule is Cc1cc(C)c(N=[P@@](C)(c2ccccc2)c2cccc3c2oc2ccccc23)c(C)c1. The number of hydrogen-bond donors (Lipinski definition) is 0. The van der Waals surface area contributed by atoms with E-state index in [4.69, 9.17) is 9.16 Å². The fraction of sp³-hybridized carbons (Fsp3) is 0.143. The standard InChI is InChI=1S/C28H26NOP/c1-19-17-20(2)27(21(3)18-19)29-31(4,22-11-6-5-7-12-22)26-16-10-14-24-23-13-8-9-15-25(23)30-28(24)26/h5-18H,1-4H3/t31-/m0/s1. The number of furan rings is 1. The third-order valence-corrected chi connectivity index (χ3v) is 9.24. The van der Waals surface area contributed by atoms with E-state index in [1.807, 2.05) is 12.1 Å². The molecule has 4 aromatic carbocycles. The third-order valence-electron chi connectivity index (χ3n) is 6.05. The van der Waals surface area contributed by atoms with Crippen LogP contribution in [0.25, 0.3) is 21.9 Å². The maximum atomic E-state index is 6.44. The Labute approximate surface area is 183 Å². The lowest BCUT2D eigenvalue weighted by molar-refractivity contribution is 0.671. The molecule has 0 amide bonds. The molecule has 0 aliphatic carbocycles. The van der Waals surface area contributed by atoms with Gasteiger partial charge in [-0.25, -0.2) is 0 Å². The minimum atomic E-state index is -2.13. The fourth-order valence-electron chi connectivity index (χ4n) is 4.57. The Bertz CT molecular complexity index is 1450. The predicted octanol–water partition coefficient (Wildman–Crippen LogP) is 7.62. The first kappa shape index (κ1) is 19.8. The highest BCUT2D eigenvalue weighted by Crippen LogP contribution is 2.50. The van der Waals surface area contributed by atoms with E-state index in [2.05, 4.69) is 100 Å². The first-order valence-electron chi connectivity index (χ1n) is 10.6. The van der Waals surface area contributed by atoms with Crippen LogP contribution in [0.15, 0.2) is 94.1 Å². The Hall–Kier alpha value is -3.09. The molecule has 0 radical (unpaired) electrons. The number of para-hydroxylation sites is 2. The van der Waals surface area contributed by atoms with Gasteiger partial charge >= 0.3 is 0 Å². The first-order valence-corrected chi connectivity index (χ1v) is 12.8. The number of rotatable bonds is 3. The highest BCUT2D eigenvalue weighted by atomic mass is 31.2. The van der Waals surface area contributed by atoms with Gasteiger partial charge in [-0.15, -0.1) is 0 Å². The van der Waals surface area contributed by atoms with E-state index < -0.39 is 7.05 Å². The molecule has 0 unspecified atom stereocenters. The Balaban J connectivity index is 1.90. The van der Waals surface area contributed by atoms with Crippen LogP contribution >= 0.6 is 7.05 Å². The molecular formula is C28H26NOP. The lowest BCUT2D eigenvalue weighted by Crippen LogP contribution is -2.16. The largest absolute Gasteiger partial charge is 0.455 e. The predicted molar refractivity (Wildman–Crippen MR) is 135 cm³/mol. The molecule has 154 valence electrons. The average Bonchev–Trinajstić information content (AvgIpc) is 3.15. The highest BCUT2D eigenvalue weighted by Gasteiger charge is 2.25. The molecule has 0 bridgehead atoms. The molecule has 0 aliphatic heterocycles. The molecule has 0 aliphatic rings. The third kappa shape index (κ3) is 3.32. The summed E-state index contributed by atoms with van der Waals surface area (Å²) in [7, 11) is -2.13. The Kier molecular flexibility index (Phi) is 4.84. The summed E-state index contributed by atoms with van der Waals surface area (Å²) in [5.41, 5.74) is 6.68. The van der Waals surface area contributed by atoms with Gasteiger partial charge in [-0.2, -0.15) is 0 Å². The minimum absolute atomic E-state index is 0.923. The van der Waals surface area contributed by atoms with E-state index in [-0.39, 0.29) is 0 Å². The Morgan fingerprint density at radius 1 is 0.710 bits per heavy atom. The lowest BCUT2D eigenvalue weighted by atomic mass is 10.1. The molecule has 0 N–H and O–H groups in total. The van der Waals surface area contributed by atoms with Crippen LogP contribution in [0.3, 0.4) is 0 Å². The lowest BCUT2D eigenvalue weighted by Gasteiger charge is -2.23. The summed E-state index contributed by atoms with van der Waals surface area (Å²) in [6.45, 7) is 8.78. The maximum absolute atomic E-state index is 6.44. The molecule has 1 aromatic heterocycles.